The van der Waals surface area contributed by atoms with Crippen LogP contribution in [-0.2, 0) is 11.8 Å². The largest absolute Gasteiger partial charge is 0.481 e. The van der Waals surface area contributed by atoms with E-state index in [0.29, 0.717) is 18.4 Å². The molecule has 2 heterocycles. The minimum atomic E-state index is -0.829. The third-order valence-corrected chi connectivity index (χ3v) is 4.46. The van der Waals surface area contributed by atoms with Gasteiger partial charge in [-0.1, -0.05) is 0 Å². The Morgan fingerprint density at radius 1 is 1.32 bits per heavy atom. The molecule has 6 heteroatoms. The number of piperidine rings is 1. The van der Waals surface area contributed by atoms with Gasteiger partial charge >= 0.3 is 5.97 Å². The van der Waals surface area contributed by atoms with Crippen LogP contribution in [0.3, 0.4) is 0 Å². The van der Waals surface area contributed by atoms with Crippen LogP contribution in [0.2, 0.25) is 0 Å². The fourth-order valence-corrected chi connectivity index (χ4v) is 3.03. The van der Waals surface area contributed by atoms with Crippen molar-refractivity contribution in [3.05, 3.63) is 30.1 Å². The zero-order valence-corrected chi connectivity index (χ0v) is 12.7. The van der Waals surface area contributed by atoms with Gasteiger partial charge in [0, 0.05) is 25.2 Å². The Kier molecular flexibility index (Phi) is 3.60. The first-order valence-corrected chi connectivity index (χ1v) is 7.42. The predicted octanol–water partition coefficient (Wildman–Crippen LogP) is 1.90. The van der Waals surface area contributed by atoms with Gasteiger partial charge in [-0.2, -0.15) is 0 Å². The monoisotopic (exact) mass is 301 g/mol. The SMILES string of the molecule is CC1CCC(C(=O)O)CN1C(=O)c1ccc2c(c1)ncn2C. The number of fused-ring (bicyclic) bond motifs is 1. The van der Waals surface area contributed by atoms with E-state index in [1.165, 1.54) is 0 Å². The summed E-state index contributed by atoms with van der Waals surface area (Å²) in [6.45, 7) is 2.24. The van der Waals surface area contributed by atoms with Gasteiger partial charge < -0.3 is 14.6 Å². The number of benzene rings is 1. The molecule has 2 atom stereocenters. The quantitative estimate of drug-likeness (QED) is 0.919. The van der Waals surface area contributed by atoms with Gasteiger partial charge in [-0.25, -0.2) is 4.98 Å². The van der Waals surface area contributed by atoms with Crippen LogP contribution in [0.4, 0.5) is 0 Å². The summed E-state index contributed by atoms with van der Waals surface area (Å²) in [4.78, 5) is 29.9. The highest BCUT2D eigenvalue weighted by Crippen LogP contribution is 2.25. The first-order chi connectivity index (χ1) is 10.5. The number of hydrogen-bond acceptors (Lipinski definition) is 3. The van der Waals surface area contributed by atoms with E-state index in [-0.39, 0.29) is 18.5 Å². The molecule has 2 unspecified atom stereocenters. The van der Waals surface area contributed by atoms with Gasteiger partial charge in [0.2, 0.25) is 0 Å². The van der Waals surface area contributed by atoms with Crippen molar-refractivity contribution in [1.82, 2.24) is 14.5 Å². The molecule has 1 fully saturated rings. The highest BCUT2D eigenvalue weighted by atomic mass is 16.4. The number of carboxylic acids is 1. The fourth-order valence-electron chi connectivity index (χ4n) is 3.03. The summed E-state index contributed by atoms with van der Waals surface area (Å²) in [5.41, 5.74) is 2.29. The molecule has 1 aliphatic rings. The molecule has 1 N–H and O–H groups in total. The first-order valence-electron chi connectivity index (χ1n) is 7.42. The Bertz CT molecular complexity index is 737. The number of aliphatic carboxylic acids is 1. The summed E-state index contributed by atoms with van der Waals surface area (Å²) in [5, 5.41) is 9.19. The number of rotatable bonds is 2. The van der Waals surface area contributed by atoms with Crippen molar-refractivity contribution < 1.29 is 14.7 Å². The summed E-state index contributed by atoms with van der Waals surface area (Å²) in [5.74, 6) is -1.42. The smallest absolute Gasteiger partial charge is 0.308 e. The molecule has 3 rings (SSSR count). The first kappa shape index (κ1) is 14.6. The molecule has 0 radical (unpaired) electrons. The van der Waals surface area contributed by atoms with Gasteiger partial charge in [0.15, 0.2) is 0 Å². The Labute approximate surface area is 128 Å². The zero-order valence-electron chi connectivity index (χ0n) is 12.7. The number of amides is 1. The van der Waals surface area contributed by atoms with Crippen molar-refractivity contribution in [3.8, 4) is 0 Å². The molecule has 1 aromatic carbocycles. The lowest BCUT2D eigenvalue weighted by atomic mass is 9.93. The van der Waals surface area contributed by atoms with E-state index in [2.05, 4.69) is 4.98 Å². The van der Waals surface area contributed by atoms with Crippen LogP contribution in [0.5, 0.6) is 0 Å². The Morgan fingerprint density at radius 3 is 2.82 bits per heavy atom. The number of carbonyl (C=O) groups is 2. The molecule has 0 bridgehead atoms. The molecule has 2 aromatic rings. The van der Waals surface area contributed by atoms with E-state index in [9.17, 15) is 14.7 Å². The number of likely N-dealkylation sites (tertiary alicyclic amines) is 1. The van der Waals surface area contributed by atoms with Gasteiger partial charge in [-0.05, 0) is 38.0 Å². The van der Waals surface area contributed by atoms with Gasteiger partial charge in [-0.15, -0.1) is 0 Å². The standard InChI is InChI=1S/C16H19N3O3/c1-10-3-4-12(16(21)22)8-19(10)15(20)11-5-6-14-13(7-11)17-9-18(14)2/h5-7,9-10,12H,3-4,8H2,1-2H3,(H,21,22). The highest BCUT2D eigenvalue weighted by Gasteiger charge is 2.33. The maximum Gasteiger partial charge on any atom is 0.308 e. The Hall–Kier alpha value is -2.37. The molecule has 116 valence electrons. The van der Waals surface area contributed by atoms with Crippen molar-refractivity contribution >= 4 is 22.9 Å². The van der Waals surface area contributed by atoms with E-state index in [0.717, 1.165) is 11.0 Å². The van der Waals surface area contributed by atoms with Crippen molar-refractivity contribution in [3.63, 3.8) is 0 Å². The lowest BCUT2D eigenvalue weighted by molar-refractivity contribution is -0.143. The van der Waals surface area contributed by atoms with Crippen molar-refractivity contribution in [2.45, 2.75) is 25.8 Å². The predicted molar refractivity (Wildman–Crippen MR) is 81.6 cm³/mol. The molecular formula is C16H19N3O3. The van der Waals surface area contributed by atoms with Gasteiger partial charge in [0.25, 0.3) is 5.91 Å². The average Bonchev–Trinajstić information content (AvgIpc) is 2.87. The molecule has 0 saturated carbocycles. The maximum absolute atomic E-state index is 12.7. The second-order valence-corrected chi connectivity index (χ2v) is 5.98. The fraction of sp³-hybridized carbons (Fsp3) is 0.438. The number of nitrogens with zero attached hydrogens (tertiary/aromatic N) is 3. The third-order valence-electron chi connectivity index (χ3n) is 4.46. The minimum absolute atomic E-state index is 0.0579. The molecule has 0 spiro atoms. The van der Waals surface area contributed by atoms with Gasteiger partial charge in [0.05, 0.1) is 23.3 Å². The molecule has 1 amide bonds. The number of imidazole rings is 1. The van der Waals surface area contributed by atoms with E-state index in [4.69, 9.17) is 0 Å². The topological polar surface area (TPSA) is 75.4 Å². The summed E-state index contributed by atoms with van der Waals surface area (Å²) in [7, 11) is 1.90. The van der Waals surface area contributed by atoms with Crippen molar-refractivity contribution in [2.24, 2.45) is 13.0 Å². The number of carbonyl (C=O) groups excluding carboxylic acids is 1. The van der Waals surface area contributed by atoms with E-state index in [1.807, 2.05) is 24.6 Å². The summed E-state index contributed by atoms with van der Waals surface area (Å²) in [6.07, 6.45) is 3.05. The van der Waals surface area contributed by atoms with E-state index < -0.39 is 11.9 Å². The number of aromatic nitrogens is 2. The minimum Gasteiger partial charge on any atom is -0.481 e. The Balaban J connectivity index is 1.88. The lowest BCUT2D eigenvalue weighted by Gasteiger charge is -2.36. The Morgan fingerprint density at radius 2 is 2.09 bits per heavy atom. The summed E-state index contributed by atoms with van der Waals surface area (Å²) in [6, 6.07) is 5.49. The molecule has 1 aliphatic heterocycles. The zero-order chi connectivity index (χ0) is 15.9. The molecule has 6 nitrogen and oxygen atoms in total. The van der Waals surface area contributed by atoms with Crippen LogP contribution in [0, 0.1) is 5.92 Å². The van der Waals surface area contributed by atoms with Crippen molar-refractivity contribution in [1.29, 1.82) is 0 Å². The summed E-state index contributed by atoms with van der Waals surface area (Å²) >= 11 is 0. The van der Waals surface area contributed by atoms with Crippen LogP contribution in [0.1, 0.15) is 30.1 Å². The third kappa shape index (κ3) is 2.45. The molecule has 1 saturated heterocycles. The number of carboxylic acid groups (broad SMARTS) is 1. The maximum atomic E-state index is 12.7. The van der Waals surface area contributed by atoms with Crippen molar-refractivity contribution in [2.75, 3.05) is 6.54 Å². The second-order valence-electron chi connectivity index (χ2n) is 5.98. The molecule has 1 aromatic heterocycles. The van der Waals surface area contributed by atoms with Crippen LogP contribution >= 0.6 is 0 Å². The lowest BCUT2D eigenvalue weighted by Crippen LogP contribution is -2.47. The molecule has 0 aliphatic carbocycles. The van der Waals surface area contributed by atoms with Crippen LogP contribution in [0.25, 0.3) is 11.0 Å². The van der Waals surface area contributed by atoms with E-state index in [1.54, 1.807) is 23.4 Å². The molecule has 22 heavy (non-hydrogen) atoms. The number of aryl methyl sites for hydroxylation is 1. The average molecular weight is 301 g/mol. The van der Waals surface area contributed by atoms with Gasteiger partial charge in [-0.3, -0.25) is 9.59 Å². The summed E-state index contributed by atoms with van der Waals surface area (Å²) < 4.78 is 1.90. The highest BCUT2D eigenvalue weighted by molar-refractivity contribution is 5.97. The van der Waals surface area contributed by atoms with E-state index >= 15 is 0 Å². The van der Waals surface area contributed by atoms with Crippen LogP contribution in [0.15, 0.2) is 24.5 Å². The van der Waals surface area contributed by atoms with Gasteiger partial charge in [0.1, 0.15) is 0 Å². The van der Waals surface area contributed by atoms with Crippen LogP contribution < -0.4 is 0 Å². The molecular weight excluding hydrogens is 282 g/mol. The normalized spacial score (nSPS) is 22.0. The number of hydrogen-bond donors (Lipinski definition) is 1. The van der Waals surface area contributed by atoms with Crippen LogP contribution in [-0.4, -0.2) is 44.0 Å². The second kappa shape index (κ2) is 5.44.